The lowest BCUT2D eigenvalue weighted by molar-refractivity contribution is -0.123. The van der Waals surface area contributed by atoms with Crippen molar-refractivity contribution < 1.29 is 9.59 Å². The first-order chi connectivity index (χ1) is 13.4. The van der Waals surface area contributed by atoms with Gasteiger partial charge in [-0.3, -0.25) is 14.7 Å². The second-order valence-corrected chi connectivity index (χ2v) is 8.92. The molecule has 1 saturated carbocycles. The summed E-state index contributed by atoms with van der Waals surface area (Å²) in [6, 6.07) is 10.7. The van der Waals surface area contributed by atoms with E-state index in [1.54, 1.807) is 23.4 Å². The molecule has 1 aliphatic heterocycles. The van der Waals surface area contributed by atoms with Crippen molar-refractivity contribution in [2.45, 2.75) is 44.7 Å². The zero-order chi connectivity index (χ0) is 19.9. The van der Waals surface area contributed by atoms with Crippen LogP contribution in [0, 0.1) is 11.8 Å². The van der Waals surface area contributed by atoms with E-state index < -0.39 is 6.04 Å². The van der Waals surface area contributed by atoms with Gasteiger partial charge in [0.05, 0.1) is 6.04 Å². The molecule has 4 atom stereocenters. The smallest absolute Gasteiger partial charge is 0.245 e. The molecule has 0 spiro atoms. The summed E-state index contributed by atoms with van der Waals surface area (Å²) in [5, 5.41) is 3.35. The molecule has 2 aromatic rings. The summed E-state index contributed by atoms with van der Waals surface area (Å²) in [4.78, 5) is 31.4. The van der Waals surface area contributed by atoms with Gasteiger partial charge in [0.1, 0.15) is 12.3 Å². The third-order valence-electron chi connectivity index (χ3n) is 5.95. The van der Waals surface area contributed by atoms with Crippen LogP contribution in [0.5, 0.6) is 0 Å². The van der Waals surface area contributed by atoms with Crippen LogP contribution < -0.4 is 10.2 Å². The Morgan fingerprint density at radius 2 is 2.00 bits per heavy atom. The predicted octanol–water partition coefficient (Wildman–Crippen LogP) is 3.26. The minimum Gasteiger partial charge on any atom is -0.305 e. The van der Waals surface area contributed by atoms with Crippen LogP contribution in [0.1, 0.15) is 44.4 Å². The highest BCUT2D eigenvalue weighted by Gasteiger charge is 2.52. The molecule has 2 fully saturated rings. The molecule has 5 heteroatoms. The fraction of sp³-hybridized carbons (Fsp3) is 0.435. The maximum Gasteiger partial charge on any atom is 0.245 e. The minimum absolute atomic E-state index is 0.0228. The van der Waals surface area contributed by atoms with Crippen molar-refractivity contribution in [2.75, 3.05) is 11.4 Å². The number of fused-ring (bicyclic) bond motifs is 1. The van der Waals surface area contributed by atoms with E-state index in [4.69, 9.17) is 0 Å². The number of rotatable bonds is 5. The molecule has 1 aliphatic carbocycles. The number of benzene rings is 1. The van der Waals surface area contributed by atoms with Gasteiger partial charge in [-0.05, 0) is 54.0 Å². The molecular weight excluding hydrogens is 350 g/mol. The number of carbonyl (C=O) groups is 2. The average Bonchev–Trinajstić information content (AvgIpc) is 3.35. The molecule has 1 N–H and O–H groups in total. The van der Waals surface area contributed by atoms with Gasteiger partial charge in [0.25, 0.3) is 0 Å². The molecule has 0 bridgehead atoms. The van der Waals surface area contributed by atoms with Crippen molar-refractivity contribution in [1.29, 1.82) is 0 Å². The maximum absolute atomic E-state index is 13.5. The summed E-state index contributed by atoms with van der Waals surface area (Å²) in [6.07, 6.45) is 5.26. The SMILES string of the molecule is CC(C)(C)c1ccc(N(C(=O)C2NCC3CC32)C(C=O)c2cccnc2)cc1. The lowest BCUT2D eigenvalue weighted by Gasteiger charge is -2.32. The third kappa shape index (κ3) is 3.47. The summed E-state index contributed by atoms with van der Waals surface area (Å²) in [6.45, 7) is 7.36. The number of piperidine rings is 1. The summed E-state index contributed by atoms with van der Waals surface area (Å²) >= 11 is 0. The Hall–Kier alpha value is -2.53. The first-order valence-electron chi connectivity index (χ1n) is 9.92. The van der Waals surface area contributed by atoms with Gasteiger partial charge in [-0.1, -0.05) is 39.0 Å². The monoisotopic (exact) mass is 377 g/mol. The van der Waals surface area contributed by atoms with Gasteiger partial charge in [0.2, 0.25) is 5.91 Å². The van der Waals surface area contributed by atoms with Crippen molar-refractivity contribution in [3.63, 3.8) is 0 Å². The van der Waals surface area contributed by atoms with Gasteiger partial charge in [-0.2, -0.15) is 0 Å². The fourth-order valence-electron chi connectivity index (χ4n) is 4.15. The minimum atomic E-state index is -0.693. The first-order valence-corrected chi connectivity index (χ1v) is 9.92. The van der Waals surface area contributed by atoms with Gasteiger partial charge in [-0.25, -0.2) is 0 Å². The van der Waals surface area contributed by atoms with Gasteiger partial charge < -0.3 is 10.1 Å². The molecule has 1 aromatic carbocycles. The number of nitrogens with zero attached hydrogens (tertiary/aromatic N) is 2. The molecular formula is C23H27N3O2. The number of hydrogen-bond donors (Lipinski definition) is 1. The summed E-state index contributed by atoms with van der Waals surface area (Å²) in [5.74, 6) is 0.964. The highest BCUT2D eigenvalue weighted by molar-refractivity contribution is 6.01. The van der Waals surface area contributed by atoms with Crippen molar-refractivity contribution in [1.82, 2.24) is 10.3 Å². The second kappa shape index (κ2) is 7.13. The van der Waals surface area contributed by atoms with Gasteiger partial charge in [-0.15, -0.1) is 0 Å². The number of aldehydes is 1. The van der Waals surface area contributed by atoms with Crippen LogP contribution in [0.2, 0.25) is 0 Å². The van der Waals surface area contributed by atoms with Gasteiger partial charge in [0.15, 0.2) is 0 Å². The number of carbonyl (C=O) groups excluding carboxylic acids is 2. The van der Waals surface area contributed by atoms with E-state index in [1.165, 1.54) is 5.56 Å². The van der Waals surface area contributed by atoms with Crippen LogP contribution >= 0.6 is 0 Å². The Labute approximate surface area is 166 Å². The zero-order valence-electron chi connectivity index (χ0n) is 16.6. The Kier molecular flexibility index (Phi) is 4.79. The van der Waals surface area contributed by atoms with E-state index in [0.29, 0.717) is 11.8 Å². The van der Waals surface area contributed by atoms with E-state index in [1.807, 2.05) is 30.3 Å². The predicted molar refractivity (Wildman–Crippen MR) is 109 cm³/mol. The quantitative estimate of drug-likeness (QED) is 0.813. The molecule has 4 unspecified atom stereocenters. The van der Waals surface area contributed by atoms with E-state index in [-0.39, 0.29) is 17.4 Å². The number of anilines is 1. The Bertz CT molecular complexity index is 858. The summed E-state index contributed by atoms with van der Waals surface area (Å²) < 4.78 is 0. The highest BCUT2D eigenvalue weighted by Crippen LogP contribution is 2.46. The van der Waals surface area contributed by atoms with Crippen LogP contribution in [0.3, 0.4) is 0 Å². The van der Waals surface area contributed by atoms with Crippen molar-refractivity contribution in [3.8, 4) is 0 Å². The maximum atomic E-state index is 13.5. The van der Waals surface area contributed by atoms with Crippen LogP contribution in [0.15, 0.2) is 48.8 Å². The van der Waals surface area contributed by atoms with E-state index >= 15 is 0 Å². The molecule has 4 rings (SSSR count). The average molecular weight is 377 g/mol. The molecule has 2 aliphatic rings. The Balaban J connectivity index is 1.72. The number of amides is 1. The van der Waals surface area contributed by atoms with E-state index in [9.17, 15) is 9.59 Å². The third-order valence-corrected chi connectivity index (χ3v) is 5.95. The van der Waals surface area contributed by atoms with Crippen molar-refractivity contribution in [3.05, 3.63) is 59.9 Å². The van der Waals surface area contributed by atoms with Crippen molar-refractivity contribution >= 4 is 17.9 Å². The largest absolute Gasteiger partial charge is 0.305 e. The standard InChI is InChI=1S/C23H27N3O2/c1-23(2,3)17-6-8-18(9-7-17)26(20(14-27)15-5-4-10-24-12-15)22(28)21-19-11-16(19)13-25-21/h4-10,12,14,16,19-21,25H,11,13H2,1-3H3. The highest BCUT2D eigenvalue weighted by atomic mass is 16.2. The Morgan fingerprint density at radius 1 is 1.25 bits per heavy atom. The van der Waals surface area contributed by atoms with E-state index in [0.717, 1.165) is 30.5 Å². The van der Waals surface area contributed by atoms with Gasteiger partial charge in [0, 0.05) is 23.6 Å². The first kappa shape index (κ1) is 18.8. The summed E-state index contributed by atoms with van der Waals surface area (Å²) in [7, 11) is 0. The Morgan fingerprint density at radius 3 is 2.50 bits per heavy atom. The number of aromatic nitrogens is 1. The van der Waals surface area contributed by atoms with Crippen molar-refractivity contribution in [2.24, 2.45) is 11.8 Å². The fourth-order valence-corrected chi connectivity index (χ4v) is 4.15. The molecule has 0 radical (unpaired) electrons. The van der Waals surface area contributed by atoms with Gasteiger partial charge >= 0.3 is 0 Å². The van der Waals surface area contributed by atoms with Crippen LogP contribution in [0.25, 0.3) is 0 Å². The molecule has 5 nitrogen and oxygen atoms in total. The lowest BCUT2D eigenvalue weighted by atomic mass is 9.87. The second-order valence-electron chi connectivity index (χ2n) is 8.92. The molecule has 1 saturated heterocycles. The molecule has 2 heterocycles. The molecule has 146 valence electrons. The van der Waals surface area contributed by atoms with E-state index in [2.05, 4.69) is 31.1 Å². The number of pyridine rings is 1. The topological polar surface area (TPSA) is 62.3 Å². The number of hydrogen-bond acceptors (Lipinski definition) is 4. The van der Waals surface area contributed by atoms with Crippen LogP contribution in [-0.4, -0.2) is 29.8 Å². The molecule has 1 amide bonds. The van der Waals surface area contributed by atoms with Crippen LogP contribution in [0.4, 0.5) is 5.69 Å². The zero-order valence-corrected chi connectivity index (χ0v) is 16.6. The molecule has 28 heavy (non-hydrogen) atoms. The molecule has 1 aromatic heterocycles. The number of nitrogens with one attached hydrogen (secondary N) is 1. The van der Waals surface area contributed by atoms with Crippen LogP contribution in [-0.2, 0) is 15.0 Å². The summed E-state index contributed by atoms with van der Waals surface area (Å²) in [5.41, 5.74) is 2.67. The lowest BCUT2D eigenvalue weighted by Crippen LogP contribution is -2.48. The normalized spacial score (nSPS) is 24.3.